The number of rotatable bonds is 79. The number of esters is 4. The largest absolute Gasteiger partial charge is 0.472 e. The standard InChI is InChI=1S/C81H152O17P2/c1-5-9-13-17-21-25-29-33-37-41-45-49-53-57-61-65-78(83)91-71-76(97-80(85)67-63-59-55-51-47-43-39-35-31-27-23-19-15-11-7-3)73-95-99(87,88)93-69-75(82)70-94-100(89,90)96-74-77(98-81(86)68-64-60-56-52-48-44-40-36-32-28-24-20-16-12-8-4)72-92-79(84)66-62-58-54-50-46-42-38-34-30-26-22-18-14-10-6-2/h25,27,29,31,36,40,75-77,82H,5-24,26,28,30,32-35,37-39,41-74H2,1-4H3,(H,87,88)(H,89,90)/b29-25-,31-27-,40-36-/t75-,76-,77-/m1/s1. The molecule has 0 radical (unpaired) electrons. The highest BCUT2D eigenvalue weighted by molar-refractivity contribution is 7.47. The summed E-state index contributed by atoms with van der Waals surface area (Å²) in [7, 11) is -9.94. The van der Waals surface area contributed by atoms with E-state index in [2.05, 4.69) is 64.2 Å². The molecule has 5 atom stereocenters. The van der Waals surface area contributed by atoms with Crippen molar-refractivity contribution in [2.45, 2.75) is 418 Å². The second-order valence-corrected chi connectivity index (χ2v) is 31.0. The van der Waals surface area contributed by atoms with Gasteiger partial charge in [0.15, 0.2) is 12.2 Å². The van der Waals surface area contributed by atoms with E-state index in [-0.39, 0.29) is 25.7 Å². The van der Waals surface area contributed by atoms with Gasteiger partial charge in [-0.25, -0.2) is 9.13 Å². The van der Waals surface area contributed by atoms with Gasteiger partial charge in [0.25, 0.3) is 0 Å². The van der Waals surface area contributed by atoms with Crippen molar-refractivity contribution in [3.8, 4) is 0 Å². The number of carbonyl (C=O) groups excluding carboxylic acids is 4. The highest BCUT2D eigenvalue weighted by Crippen LogP contribution is 2.45. The Morgan fingerprint density at radius 3 is 0.700 bits per heavy atom. The minimum absolute atomic E-state index is 0.0929. The predicted molar refractivity (Wildman–Crippen MR) is 409 cm³/mol. The van der Waals surface area contributed by atoms with Crippen molar-refractivity contribution < 1.29 is 80.2 Å². The van der Waals surface area contributed by atoms with Crippen molar-refractivity contribution in [2.24, 2.45) is 0 Å². The molecule has 19 heteroatoms. The lowest BCUT2D eigenvalue weighted by Crippen LogP contribution is -2.30. The summed E-state index contributed by atoms with van der Waals surface area (Å²) in [4.78, 5) is 73.0. The number of aliphatic hydroxyl groups is 1. The van der Waals surface area contributed by atoms with Crippen molar-refractivity contribution >= 4 is 39.5 Å². The molecule has 0 fully saturated rings. The van der Waals surface area contributed by atoms with Gasteiger partial charge < -0.3 is 33.8 Å². The van der Waals surface area contributed by atoms with Crippen LogP contribution in [0.25, 0.3) is 0 Å². The third kappa shape index (κ3) is 73.6. The molecule has 100 heavy (non-hydrogen) atoms. The number of aliphatic hydroxyl groups excluding tert-OH is 1. The van der Waals surface area contributed by atoms with E-state index < -0.39 is 97.5 Å². The average Bonchev–Trinajstić information content (AvgIpc) is 1.01. The van der Waals surface area contributed by atoms with Crippen LogP contribution in [-0.2, 0) is 65.4 Å². The van der Waals surface area contributed by atoms with Crippen LogP contribution in [0.1, 0.15) is 400 Å². The van der Waals surface area contributed by atoms with Gasteiger partial charge in [0.05, 0.1) is 26.4 Å². The molecule has 588 valence electrons. The second-order valence-electron chi connectivity index (χ2n) is 28.1. The zero-order valence-corrected chi connectivity index (χ0v) is 66.2. The van der Waals surface area contributed by atoms with Gasteiger partial charge in [-0.2, -0.15) is 0 Å². The van der Waals surface area contributed by atoms with E-state index in [9.17, 15) is 43.2 Å². The molecule has 3 N–H and O–H groups in total. The fraction of sp³-hybridized carbons (Fsp3) is 0.877. The van der Waals surface area contributed by atoms with E-state index >= 15 is 0 Å². The molecule has 0 aromatic rings. The summed E-state index contributed by atoms with van der Waals surface area (Å²) in [5.74, 6) is -2.15. The van der Waals surface area contributed by atoms with Crippen LogP contribution in [0.4, 0.5) is 0 Å². The van der Waals surface area contributed by atoms with Gasteiger partial charge in [-0.1, -0.05) is 308 Å². The Kier molecular flexibility index (Phi) is 72.5. The average molecular weight is 1460 g/mol. The lowest BCUT2D eigenvalue weighted by atomic mass is 10.0. The lowest BCUT2D eigenvalue weighted by Gasteiger charge is -2.21. The number of unbranched alkanes of at least 4 members (excludes halogenated alkanes) is 47. The summed E-state index contributed by atoms with van der Waals surface area (Å²) < 4.78 is 68.7. The lowest BCUT2D eigenvalue weighted by molar-refractivity contribution is -0.161. The van der Waals surface area contributed by atoms with Crippen LogP contribution in [0.15, 0.2) is 36.5 Å². The molecule has 0 saturated heterocycles. The summed E-state index contributed by atoms with van der Waals surface area (Å²) in [6, 6.07) is 0. The predicted octanol–water partition coefficient (Wildman–Crippen LogP) is 23.9. The fourth-order valence-corrected chi connectivity index (χ4v) is 13.3. The van der Waals surface area contributed by atoms with E-state index in [0.717, 1.165) is 148 Å². The summed E-state index contributed by atoms with van der Waals surface area (Å²) in [5, 5.41) is 10.6. The highest BCUT2D eigenvalue weighted by Gasteiger charge is 2.30. The van der Waals surface area contributed by atoms with Crippen LogP contribution in [0.5, 0.6) is 0 Å². The third-order valence-electron chi connectivity index (χ3n) is 18.1. The van der Waals surface area contributed by atoms with Gasteiger partial charge >= 0.3 is 39.5 Å². The van der Waals surface area contributed by atoms with Crippen molar-refractivity contribution in [3.63, 3.8) is 0 Å². The van der Waals surface area contributed by atoms with Crippen LogP contribution in [-0.4, -0.2) is 96.7 Å². The summed E-state index contributed by atoms with van der Waals surface area (Å²) in [6.07, 6.45) is 71.1. The maximum Gasteiger partial charge on any atom is 0.472 e. The van der Waals surface area contributed by atoms with E-state index in [1.165, 1.54) is 173 Å². The first-order valence-electron chi connectivity index (χ1n) is 41.2. The highest BCUT2D eigenvalue weighted by atomic mass is 31.2. The molecule has 0 aromatic carbocycles. The van der Waals surface area contributed by atoms with E-state index in [4.69, 9.17) is 37.0 Å². The van der Waals surface area contributed by atoms with E-state index in [0.29, 0.717) is 25.7 Å². The molecule has 0 rings (SSSR count). The minimum atomic E-state index is -4.97. The molecule has 2 unspecified atom stereocenters. The Bertz CT molecular complexity index is 2040. The fourth-order valence-electron chi connectivity index (χ4n) is 11.7. The second kappa shape index (κ2) is 74.5. The van der Waals surface area contributed by atoms with Gasteiger partial charge in [0, 0.05) is 25.7 Å². The van der Waals surface area contributed by atoms with Crippen LogP contribution in [0, 0.1) is 0 Å². The Morgan fingerprint density at radius 1 is 0.270 bits per heavy atom. The Hall–Kier alpha value is -2.72. The molecule has 17 nitrogen and oxygen atoms in total. The van der Waals surface area contributed by atoms with Crippen molar-refractivity contribution in [3.05, 3.63) is 36.5 Å². The first-order valence-corrected chi connectivity index (χ1v) is 44.2. The summed E-state index contributed by atoms with van der Waals surface area (Å²) in [5.41, 5.74) is 0. The molecular weight excluding hydrogens is 1310 g/mol. The minimum Gasteiger partial charge on any atom is -0.462 e. The van der Waals surface area contributed by atoms with Crippen LogP contribution >= 0.6 is 15.6 Å². The summed E-state index contributed by atoms with van der Waals surface area (Å²) in [6.45, 7) is 4.93. The maximum absolute atomic E-state index is 13.1. The third-order valence-corrected chi connectivity index (χ3v) is 20.0. The number of phosphoric acid groups is 2. The zero-order valence-electron chi connectivity index (χ0n) is 64.4. The summed E-state index contributed by atoms with van der Waals surface area (Å²) >= 11 is 0. The van der Waals surface area contributed by atoms with Crippen LogP contribution in [0.3, 0.4) is 0 Å². The molecule has 0 aromatic heterocycles. The van der Waals surface area contributed by atoms with Crippen molar-refractivity contribution in [2.75, 3.05) is 39.6 Å². The maximum atomic E-state index is 13.1. The first kappa shape index (κ1) is 97.3. The molecule has 0 aliphatic carbocycles. The zero-order chi connectivity index (χ0) is 73.2. The number of hydrogen-bond donors (Lipinski definition) is 3. The normalized spacial score (nSPS) is 14.0. The number of allylic oxidation sites excluding steroid dienone is 6. The Balaban J connectivity index is 5.32. The molecule has 0 aliphatic heterocycles. The van der Waals surface area contributed by atoms with Crippen LogP contribution in [0.2, 0.25) is 0 Å². The Labute approximate surface area is 611 Å². The van der Waals surface area contributed by atoms with Gasteiger partial charge in [-0.15, -0.1) is 0 Å². The monoisotopic (exact) mass is 1460 g/mol. The van der Waals surface area contributed by atoms with E-state index in [1.807, 2.05) is 0 Å². The van der Waals surface area contributed by atoms with Gasteiger partial charge in [0.2, 0.25) is 0 Å². The van der Waals surface area contributed by atoms with E-state index in [1.54, 1.807) is 0 Å². The smallest absolute Gasteiger partial charge is 0.462 e. The molecule has 0 aliphatic rings. The Morgan fingerprint density at radius 2 is 0.460 bits per heavy atom. The quantitative estimate of drug-likeness (QED) is 0.0169. The van der Waals surface area contributed by atoms with Gasteiger partial charge in [-0.3, -0.25) is 37.3 Å². The van der Waals surface area contributed by atoms with Crippen LogP contribution < -0.4 is 0 Å². The van der Waals surface area contributed by atoms with Crippen molar-refractivity contribution in [1.29, 1.82) is 0 Å². The SMILES string of the molecule is CCCCCC/C=C\CCCCCCCCCC(=O)OC[C@H](COP(=O)(O)OC[C@@H](O)COP(=O)(O)OC[C@@H](COC(=O)CCCCCCCCCCCCCCCCC)OC(=O)CCCCCCC/C=C\CCCCCCCC)OC(=O)CCCCCCCCC/C=C\CCCCCC. The molecule has 0 amide bonds. The van der Waals surface area contributed by atoms with Gasteiger partial charge in [-0.05, 0) is 103 Å². The van der Waals surface area contributed by atoms with Gasteiger partial charge in [0.1, 0.15) is 19.3 Å². The molecule has 0 heterocycles. The number of phosphoric ester groups is 2. The number of ether oxygens (including phenoxy) is 4. The molecule has 0 bridgehead atoms. The topological polar surface area (TPSA) is 237 Å². The van der Waals surface area contributed by atoms with Crippen molar-refractivity contribution in [1.82, 2.24) is 0 Å². The molecule has 0 saturated carbocycles. The molecule has 0 spiro atoms. The number of carbonyl (C=O) groups is 4. The molecular formula is C81H152O17P2. The first-order chi connectivity index (χ1) is 48.7. The number of hydrogen-bond acceptors (Lipinski definition) is 15.